The number of benzene rings is 1. The molecule has 0 atom stereocenters. The van der Waals surface area contributed by atoms with Gasteiger partial charge in [-0.15, -0.1) is 0 Å². The van der Waals surface area contributed by atoms with Crippen LogP contribution in [0.15, 0.2) is 23.0 Å². The third-order valence-corrected chi connectivity index (χ3v) is 5.18. The van der Waals surface area contributed by atoms with Crippen LogP contribution >= 0.6 is 11.6 Å². The van der Waals surface area contributed by atoms with E-state index in [1.807, 2.05) is 19.1 Å². The lowest BCUT2D eigenvalue weighted by Crippen LogP contribution is -2.35. The van der Waals surface area contributed by atoms with Gasteiger partial charge in [0.1, 0.15) is 5.82 Å². The molecule has 2 aliphatic rings. The lowest BCUT2D eigenvalue weighted by Gasteiger charge is -2.27. The summed E-state index contributed by atoms with van der Waals surface area (Å²) in [4.78, 5) is 22.3. The summed E-state index contributed by atoms with van der Waals surface area (Å²) >= 11 is 6.21. The van der Waals surface area contributed by atoms with Crippen molar-refractivity contribution in [2.75, 3.05) is 6.54 Å². The van der Waals surface area contributed by atoms with E-state index in [2.05, 4.69) is 16.0 Å². The van der Waals surface area contributed by atoms with Gasteiger partial charge in [-0.05, 0) is 37.0 Å². The van der Waals surface area contributed by atoms with Crippen molar-refractivity contribution in [1.82, 2.24) is 14.9 Å². The molecule has 23 heavy (non-hydrogen) atoms. The maximum Gasteiger partial charge on any atom is 0.255 e. The molecule has 4 nitrogen and oxygen atoms in total. The van der Waals surface area contributed by atoms with E-state index >= 15 is 0 Å². The molecular weight excluding hydrogens is 310 g/mol. The number of hydrogen-bond acceptors (Lipinski definition) is 3. The number of fused-ring (bicyclic) bond motifs is 1. The number of aryl methyl sites for hydroxylation is 1. The van der Waals surface area contributed by atoms with Gasteiger partial charge in [-0.25, -0.2) is 4.98 Å². The van der Waals surface area contributed by atoms with Crippen LogP contribution in [0, 0.1) is 6.92 Å². The van der Waals surface area contributed by atoms with Crippen molar-refractivity contribution in [2.45, 2.75) is 45.2 Å². The first-order chi connectivity index (χ1) is 11.1. The molecule has 1 fully saturated rings. The molecule has 0 saturated heterocycles. The van der Waals surface area contributed by atoms with E-state index in [1.165, 1.54) is 5.56 Å². The Morgan fingerprint density at radius 3 is 2.96 bits per heavy atom. The second kappa shape index (κ2) is 5.77. The van der Waals surface area contributed by atoms with E-state index in [0.717, 1.165) is 60.0 Å². The van der Waals surface area contributed by atoms with Gasteiger partial charge in [0.15, 0.2) is 0 Å². The van der Waals surface area contributed by atoms with Crippen molar-refractivity contribution >= 4 is 11.6 Å². The highest BCUT2D eigenvalue weighted by atomic mass is 35.5. The average molecular weight is 330 g/mol. The summed E-state index contributed by atoms with van der Waals surface area (Å²) in [7, 11) is 0. The summed E-state index contributed by atoms with van der Waals surface area (Å²) in [6.45, 7) is 4.41. The number of halogens is 1. The van der Waals surface area contributed by atoms with E-state index in [-0.39, 0.29) is 5.56 Å². The third-order valence-electron chi connectivity index (χ3n) is 4.77. The van der Waals surface area contributed by atoms with Gasteiger partial charge < -0.3 is 4.98 Å². The molecular formula is C18H20ClN3O. The highest BCUT2D eigenvalue weighted by molar-refractivity contribution is 6.31. The fourth-order valence-corrected chi connectivity index (χ4v) is 3.38. The van der Waals surface area contributed by atoms with Crippen molar-refractivity contribution < 1.29 is 0 Å². The number of H-pyrrole nitrogens is 1. The summed E-state index contributed by atoms with van der Waals surface area (Å²) in [6.07, 6.45) is 3.16. The molecule has 4 rings (SSSR count). The second-order valence-corrected chi connectivity index (χ2v) is 7.10. The molecule has 2 heterocycles. The van der Waals surface area contributed by atoms with Gasteiger partial charge >= 0.3 is 0 Å². The first-order valence-electron chi connectivity index (χ1n) is 8.19. The fourth-order valence-electron chi connectivity index (χ4n) is 3.18. The minimum absolute atomic E-state index is 0.0449. The van der Waals surface area contributed by atoms with Crippen LogP contribution in [0.2, 0.25) is 5.02 Å². The van der Waals surface area contributed by atoms with Crippen LogP contribution in [0.1, 0.15) is 47.0 Å². The van der Waals surface area contributed by atoms with Crippen LogP contribution < -0.4 is 5.56 Å². The van der Waals surface area contributed by atoms with Crippen LogP contribution in [0.25, 0.3) is 0 Å². The Kier molecular flexibility index (Phi) is 3.74. The topological polar surface area (TPSA) is 49.0 Å². The number of rotatable bonds is 3. The molecule has 0 amide bonds. The molecule has 2 aromatic rings. The Morgan fingerprint density at radius 1 is 1.39 bits per heavy atom. The highest BCUT2D eigenvalue weighted by Gasteiger charge is 2.29. The van der Waals surface area contributed by atoms with E-state index in [1.54, 1.807) is 0 Å². The molecule has 5 heteroatoms. The molecule has 1 aliphatic heterocycles. The minimum Gasteiger partial charge on any atom is -0.310 e. The fraction of sp³-hybridized carbons (Fsp3) is 0.444. The Bertz CT molecular complexity index is 810. The van der Waals surface area contributed by atoms with Crippen molar-refractivity contribution in [1.29, 1.82) is 0 Å². The van der Waals surface area contributed by atoms with Crippen molar-refractivity contribution in [2.24, 2.45) is 0 Å². The number of nitrogens with zero attached hydrogens (tertiary/aromatic N) is 2. The summed E-state index contributed by atoms with van der Waals surface area (Å²) < 4.78 is 0. The largest absolute Gasteiger partial charge is 0.310 e. The molecule has 1 N–H and O–H groups in total. The summed E-state index contributed by atoms with van der Waals surface area (Å²) in [5.74, 6) is 1.38. The molecule has 0 radical (unpaired) electrons. The predicted molar refractivity (Wildman–Crippen MR) is 90.8 cm³/mol. The second-order valence-electron chi connectivity index (χ2n) is 6.69. The maximum absolute atomic E-state index is 12.4. The van der Waals surface area contributed by atoms with Gasteiger partial charge in [0.2, 0.25) is 0 Å². The van der Waals surface area contributed by atoms with Crippen LogP contribution in [-0.4, -0.2) is 21.4 Å². The first kappa shape index (κ1) is 14.9. The van der Waals surface area contributed by atoms with E-state index in [9.17, 15) is 4.79 Å². The minimum atomic E-state index is 0.0449. The molecule has 0 spiro atoms. The summed E-state index contributed by atoms with van der Waals surface area (Å²) in [6, 6.07) is 6.17. The zero-order chi connectivity index (χ0) is 16.0. The van der Waals surface area contributed by atoms with Gasteiger partial charge in [0.05, 0.1) is 11.3 Å². The Hall–Kier alpha value is -1.65. The number of aromatic nitrogens is 2. The molecule has 0 unspecified atom stereocenters. The molecule has 1 aliphatic carbocycles. The maximum atomic E-state index is 12.4. The summed E-state index contributed by atoms with van der Waals surface area (Å²) in [5, 5.41) is 0.800. The normalized spacial score (nSPS) is 18.0. The van der Waals surface area contributed by atoms with E-state index in [0.29, 0.717) is 12.5 Å². The highest BCUT2D eigenvalue weighted by Crippen LogP contribution is 2.37. The van der Waals surface area contributed by atoms with Gasteiger partial charge in [0, 0.05) is 37.0 Å². The standard InChI is InChI=1S/C18H20ClN3O/c1-11-2-3-12(8-15(11)19)9-22-7-6-16-14(10-22)18(23)21-17(20-16)13-4-5-13/h2-3,8,13H,4-7,9-10H2,1H3,(H,20,21,23). The lowest BCUT2D eigenvalue weighted by molar-refractivity contribution is 0.241. The zero-order valence-electron chi connectivity index (χ0n) is 13.2. The Balaban J connectivity index is 1.54. The van der Waals surface area contributed by atoms with Crippen LogP contribution in [0.5, 0.6) is 0 Å². The molecule has 120 valence electrons. The number of nitrogens with one attached hydrogen (secondary N) is 1. The number of aromatic amines is 1. The smallest absolute Gasteiger partial charge is 0.255 e. The molecule has 1 aromatic carbocycles. The van der Waals surface area contributed by atoms with E-state index < -0.39 is 0 Å². The van der Waals surface area contributed by atoms with Crippen molar-refractivity contribution in [3.8, 4) is 0 Å². The third kappa shape index (κ3) is 3.06. The SMILES string of the molecule is Cc1ccc(CN2CCc3nc(C4CC4)[nH]c(=O)c3C2)cc1Cl. The van der Waals surface area contributed by atoms with Crippen molar-refractivity contribution in [3.63, 3.8) is 0 Å². The molecule has 1 aromatic heterocycles. The molecule has 1 saturated carbocycles. The van der Waals surface area contributed by atoms with Crippen LogP contribution in [-0.2, 0) is 19.5 Å². The van der Waals surface area contributed by atoms with Crippen molar-refractivity contribution in [3.05, 3.63) is 61.8 Å². The van der Waals surface area contributed by atoms with Crippen LogP contribution in [0.3, 0.4) is 0 Å². The van der Waals surface area contributed by atoms with Gasteiger partial charge in [-0.2, -0.15) is 0 Å². The monoisotopic (exact) mass is 329 g/mol. The predicted octanol–water partition coefficient (Wildman–Crippen LogP) is 3.17. The quantitative estimate of drug-likeness (QED) is 0.941. The Morgan fingerprint density at radius 2 is 2.22 bits per heavy atom. The van der Waals surface area contributed by atoms with Gasteiger partial charge in [-0.3, -0.25) is 9.69 Å². The summed E-state index contributed by atoms with van der Waals surface area (Å²) in [5.41, 5.74) is 4.15. The first-order valence-corrected chi connectivity index (χ1v) is 8.57. The molecule has 0 bridgehead atoms. The van der Waals surface area contributed by atoms with Gasteiger partial charge in [0.25, 0.3) is 5.56 Å². The van der Waals surface area contributed by atoms with Crippen LogP contribution in [0.4, 0.5) is 0 Å². The number of hydrogen-bond donors (Lipinski definition) is 1. The van der Waals surface area contributed by atoms with E-state index in [4.69, 9.17) is 16.6 Å². The van der Waals surface area contributed by atoms with Gasteiger partial charge in [-0.1, -0.05) is 23.7 Å². The lowest BCUT2D eigenvalue weighted by atomic mass is 10.1. The Labute approximate surface area is 140 Å². The average Bonchev–Trinajstić information content (AvgIpc) is 3.36. The zero-order valence-corrected chi connectivity index (χ0v) is 14.0.